The molecule has 6 heteroatoms. The molecule has 1 fully saturated rings. The molecule has 1 aliphatic heterocycles. The minimum Gasteiger partial charge on any atom is -0.479 e. The van der Waals surface area contributed by atoms with Crippen LogP contribution in [0, 0.1) is 0 Å². The lowest BCUT2D eigenvalue weighted by Gasteiger charge is -2.37. The Hall–Kier alpha value is -1.98. The largest absolute Gasteiger partial charge is 0.479 e. The smallest absolute Gasteiger partial charge is 0.329 e. The number of carbonyl (C=O) groups is 2. The third-order valence-corrected chi connectivity index (χ3v) is 4.11. The molecule has 0 aliphatic carbocycles. The van der Waals surface area contributed by atoms with Crippen LogP contribution in [0.25, 0.3) is 0 Å². The van der Waals surface area contributed by atoms with E-state index in [4.69, 9.17) is 4.42 Å². The topological polar surface area (TPSA) is 74.0 Å². The first-order chi connectivity index (χ1) is 10.0. The Morgan fingerprint density at radius 2 is 2.29 bits per heavy atom. The maximum Gasteiger partial charge on any atom is 0.329 e. The van der Waals surface area contributed by atoms with E-state index in [0.717, 1.165) is 18.4 Å². The molecule has 0 aromatic carbocycles. The van der Waals surface area contributed by atoms with Crippen molar-refractivity contribution in [1.82, 2.24) is 9.80 Å². The summed E-state index contributed by atoms with van der Waals surface area (Å²) in [5.41, 5.74) is -0.155. The van der Waals surface area contributed by atoms with Gasteiger partial charge in [0.15, 0.2) is 0 Å². The fourth-order valence-corrected chi connectivity index (χ4v) is 3.09. The molecular formula is C15H22N2O4. The molecule has 0 spiro atoms. The Balaban J connectivity index is 2.14. The van der Waals surface area contributed by atoms with Crippen molar-refractivity contribution in [3.8, 4) is 0 Å². The number of rotatable bonds is 5. The van der Waals surface area contributed by atoms with Crippen molar-refractivity contribution in [2.45, 2.75) is 44.7 Å². The molecule has 1 atom stereocenters. The number of carbonyl (C=O) groups excluding carboxylic acids is 1. The highest BCUT2D eigenvalue weighted by atomic mass is 16.4. The molecular weight excluding hydrogens is 272 g/mol. The summed E-state index contributed by atoms with van der Waals surface area (Å²) in [6, 6.07) is 1.56. The average molecular weight is 294 g/mol. The van der Waals surface area contributed by atoms with Gasteiger partial charge in [-0.2, -0.15) is 0 Å². The summed E-state index contributed by atoms with van der Waals surface area (Å²) in [4.78, 5) is 27.4. The van der Waals surface area contributed by atoms with Crippen LogP contribution in [0.3, 0.4) is 0 Å². The minimum atomic E-state index is -1.05. The third-order valence-electron chi connectivity index (χ3n) is 4.11. The Labute approximate surface area is 124 Å². The summed E-state index contributed by atoms with van der Waals surface area (Å²) >= 11 is 0. The lowest BCUT2D eigenvalue weighted by atomic mass is 9.91. The number of amides is 2. The lowest BCUT2D eigenvalue weighted by Crippen LogP contribution is -2.56. The molecule has 2 amide bonds. The van der Waals surface area contributed by atoms with Gasteiger partial charge in [-0.15, -0.1) is 0 Å². The molecule has 0 saturated carbocycles. The highest BCUT2D eigenvalue weighted by Crippen LogP contribution is 2.34. The van der Waals surface area contributed by atoms with Gasteiger partial charge in [0.25, 0.3) is 0 Å². The van der Waals surface area contributed by atoms with E-state index in [2.05, 4.69) is 0 Å². The Kier molecular flexibility index (Phi) is 4.55. The summed E-state index contributed by atoms with van der Waals surface area (Å²) in [6.45, 7) is 2.86. The minimum absolute atomic E-state index is 0.232. The molecule has 21 heavy (non-hydrogen) atoms. The molecule has 1 N–H and O–H groups in total. The van der Waals surface area contributed by atoms with Crippen molar-refractivity contribution >= 4 is 12.0 Å². The first-order valence-electron chi connectivity index (χ1n) is 7.28. The van der Waals surface area contributed by atoms with Crippen LogP contribution in [0.5, 0.6) is 0 Å². The second-order valence-corrected chi connectivity index (χ2v) is 5.61. The number of furan rings is 1. The number of carboxylic acids is 1. The molecule has 1 unspecified atom stereocenters. The van der Waals surface area contributed by atoms with Gasteiger partial charge in [-0.05, 0) is 25.3 Å². The molecule has 116 valence electrons. The van der Waals surface area contributed by atoms with Crippen LogP contribution in [0.1, 0.15) is 38.2 Å². The highest BCUT2D eigenvalue weighted by molar-refractivity contribution is 5.87. The van der Waals surface area contributed by atoms with Gasteiger partial charge in [-0.3, -0.25) is 0 Å². The number of hydrogen-bond donors (Lipinski definition) is 1. The molecule has 2 heterocycles. The van der Waals surface area contributed by atoms with E-state index in [1.54, 1.807) is 30.5 Å². The van der Waals surface area contributed by atoms with Gasteiger partial charge in [0.1, 0.15) is 5.54 Å². The zero-order valence-corrected chi connectivity index (χ0v) is 12.5. The van der Waals surface area contributed by atoms with Crippen LogP contribution in [0.4, 0.5) is 4.79 Å². The van der Waals surface area contributed by atoms with Gasteiger partial charge >= 0.3 is 12.0 Å². The number of urea groups is 1. The van der Waals surface area contributed by atoms with E-state index in [9.17, 15) is 14.7 Å². The van der Waals surface area contributed by atoms with E-state index in [1.807, 2.05) is 6.92 Å². The fraction of sp³-hybridized carbons (Fsp3) is 0.600. The lowest BCUT2D eigenvalue weighted by molar-refractivity contribution is -0.148. The molecule has 2 rings (SSSR count). The maximum atomic E-state index is 12.6. The van der Waals surface area contributed by atoms with Crippen molar-refractivity contribution in [2.24, 2.45) is 0 Å². The van der Waals surface area contributed by atoms with Crippen LogP contribution in [-0.2, 0) is 11.3 Å². The van der Waals surface area contributed by atoms with Gasteiger partial charge in [-0.1, -0.05) is 13.3 Å². The zero-order valence-electron chi connectivity index (χ0n) is 12.5. The number of carboxylic acid groups (broad SMARTS) is 1. The first-order valence-corrected chi connectivity index (χ1v) is 7.28. The number of aliphatic carboxylic acids is 1. The molecule has 1 saturated heterocycles. The molecule has 6 nitrogen and oxygen atoms in total. The van der Waals surface area contributed by atoms with Crippen LogP contribution in [0.15, 0.2) is 23.0 Å². The Morgan fingerprint density at radius 1 is 1.52 bits per heavy atom. The SMILES string of the molecule is CCCC1(C(=O)O)CCCN1C(=O)N(C)Cc1ccoc1. The molecule has 0 radical (unpaired) electrons. The van der Waals surface area contributed by atoms with E-state index in [0.29, 0.717) is 25.9 Å². The van der Waals surface area contributed by atoms with Gasteiger partial charge in [0.05, 0.1) is 19.1 Å². The van der Waals surface area contributed by atoms with Crippen LogP contribution >= 0.6 is 0 Å². The van der Waals surface area contributed by atoms with Gasteiger partial charge in [0.2, 0.25) is 0 Å². The first kappa shape index (κ1) is 15.4. The Bertz CT molecular complexity index is 500. The predicted octanol–water partition coefficient (Wildman–Crippen LogP) is 2.55. The summed E-state index contributed by atoms with van der Waals surface area (Å²) in [5.74, 6) is -0.896. The quantitative estimate of drug-likeness (QED) is 0.905. The Morgan fingerprint density at radius 3 is 2.86 bits per heavy atom. The van der Waals surface area contributed by atoms with Gasteiger partial charge in [-0.25, -0.2) is 9.59 Å². The zero-order chi connectivity index (χ0) is 15.5. The summed E-state index contributed by atoms with van der Waals surface area (Å²) < 4.78 is 4.99. The van der Waals surface area contributed by atoms with E-state index in [1.165, 1.54) is 4.90 Å². The van der Waals surface area contributed by atoms with E-state index >= 15 is 0 Å². The van der Waals surface area contributed by atoms with Crippen molar-refractivity contribution in [2.75, 3.05) is 13.6 Å². The second-order valence-electron chi connectivity index (χ2n) is 5.61. The van der Waals surface area contributed by atoms with Crippen molar-refractivity contribution in [3.05, 3.63) is 24.2 Å². The van der Waals surface area contributed by atoms with Crippen molar-refractivity contribution in [3.63, 3.8) is 0 Å². The third kappa shape index (κ3) is 2.89. The van der Waals surface area contributed by atoms with Crippen molar-refractivity contribution in [1.29, 1.82) is 0 Å². The predicted molar refractivity (Wildman–Crippen MR) is 76.8 cm³/mol. The summed E-state index contributed by atoms with van der Waals surface area (Å²) in [5, 5.41) is 9.63. The number of likely N-dealkylation sites (tertiary alicyclic amines) is 1. The maximum absolute atomic E-state index is 12.6. The monoisotopic (exact) mass is 294 g/mol. The van der Waals surface area contributed by atoms with Gasteiger partial charge in [0, 0.05) is 19.2 Å². The fourth-order valence-electron chi connectivity index (χ4n) is 3.09. The van der Waals surface area contributed by atoms with Crippen LogP contribution < -0.4 is 0 Å². The molecule has 1 aromatic rings. The van der Waals surface area contributed by atoms with Crippen LogP contribution in [-0.4, -0.2) is 46.0 Å². The molecule has 0 bridgehead atoms. The molecule has 1 aromatic heterocycles. The number of nitrogens with zero attached hydrogens (tertiary/aromatic N) is 2. The van der Waals surface area contributed by atoms with Crippen LogP contribution in [0.2, 0.25) is 0 Å². The van der Waals surface area contributed by atoms with E-state index in [-0.39, 0.29) is 6.03 Å². The summed E-state index contributed by atoms with van der Waals surface area (Å²) in [6.07, 6.45) is 5.64. The average Bonchev–Trinajstić information content (AvgIpc) is 3.08. The van der Waals surface area contributed by atoms with Gasteiger partial charge < -0.3 is 19.3 Å². The summed E-state index contributed by atoms with van der Waals surface area (Å²) in [7, 11) is 1.69. The standard InChI is InChI=1S/C15H22N2O4/c1-3-6-15(13(18)19)7-4-8-17(15)14(20)16(2)10-12-5-9-21-11-12/h5,9,11H,3-4,6-8,10H2,1-2H3,(H,18,19). The normalized spacial score (nSPS) is 21.5. The molecule has 1 aliphatic rings. The van der Waals surface area contributed by atoms with Crippen molar-refractivity contribution < 1.29 is 19.1 Å². The second kappa shape index (κ2) is 6.20. The van der Waals surface area contributed by atoms with E-state index < -0.39 is 11.5 Å². The number of hydrogen-bond acceptors (Lipinski definition) is 3. The highest BCUT2D eigenvalue weighted by Gasteiger charge is 2.49.